The summed E-state index contributed by atoms with van der Waals surface area (Å²) in [5, 5.41) is 10.00. The maximum absolute atomic E-state index is 10.00. The molecule has 3 rings (SSSR count). The highest BCUT2D eigenvalue weighted by Crippen LogP contribution is 2.46. The summed E-state index contributed by atoms with van der Waals surface area (Å²) < 4.78 is 0. The summed E-state index contributed by atoms with van der Waals surface area (Å²) in [5.41, 5.74) is 3.65. The molecule has 1 aromatic rings. The lowest BCUT2D eigenvalue weighted by atomic mass is 10.0. The van der Waals surface area contributed by atoms with Crippen LogP contribution in [-0.2, 0) is 18.4 Å². The zero-order valence-electron chi connectivity index (χ0n) is 8.59. The molecule has 1 aromatic carbocycles. The summed E-state index contributed by atoms with van der Waals surface area (Å²) in [6, 6.07) is 6.56. The van der Waals surface area contributed by atoms with Crippen molar-refractivity contribution in [3.05, 3.63) is 34.9 Å². The Kier molecular flexibility index (Phi) is 1.58. The Morgan fingerprint density at radius 3 is 2.64 bits per heavy atom. The van der Waals surface area contributed by atoms with Crippen LogP contribution in [0.15, 0.2) is 18.2 Å². The molecule has 1 unspecified atom stereocenters. The van der Waals surface area contributed by atoms with Gasteiger partial charge < -0.3 is 5.11 Å². The van der Waals surface area contributed by atoms with E-state index in [0.717, 1.165) is 24.3 Å². The van der Waals surface area contributed by atoms with Crippen molar-refractivity contribution in [3.8, 4) is 0 Å². The number of fused-ring (bicyclic) bond motifs is 1. The van der Waals surface area contributed by atoms with Crippen molar-refractivity contribution in [2.45, 2.75) is 38.2 Å². The van der Waals surface area contributed by atoms with Gasteiger partial charge in [0.15, 0.2) is 0 Å². The molecule has 1 heteroatoms. The fourth-order valence-electron chi connectivity index (χ4n) is 2.53. The van der Waals surface area contributed by atoms with E-state index in [1.165, 1.54) is 24.0 Å². The van der Waals surface area contributed by atoms with E-state index < -0.39 is 5.60 Å². The minimum atomic E-state index is -0.457. The van der Waals surface area contributed by atoms with Crippen LogP contribution < -0.4 is 0 Å². The van der Waals surface area contributed by atoms with E-state index in [-0.39, 0.29) is 0 Å². The molecule has 1 saturated carbocycles. The predicted octanol–water partition coefficient (Wildman–Crippen LogP) is 2.40. The van der Waals surface area contributed by atoms with Crippen LogP contribution >= 0.6 is 0 Å². The smallest absolute Gasteiger partial charge is 0.0899 e. The third-order valence-electron chi connectivity index (χ3n) is 3.60. The maximum Gasteiger partial charge on any atom is 0.0899 e. The Morgan fingerprint density at radius 1 is 1.21 bits per heavy atom. The molecule has 0 saturated heterocycles. The van der Waals surface area contributed by atoms with E-state index in [1.807, 2.05) is 0 Å². The second kappa shape index (κ2) is 2.60. The molecule has 0 aromatic heterocycles. The Bertz CT molecular complexity index is 377. The fourth-order valence-corrected chi connectivity index (χ4v) is 2.53. The van der Waals surface area contributed by atoms with Crippen LogP contribution in [0.5, 0.6) is 0 Å². The quantitative estimate of drug-likeness (QED) is 0.717. The van der Waals surface area contributed by atoms with Crippen LogP contribution in [-0.4, -0.2) is 5.11 Å². The van der Waals surface area contributed by atoms with Crippen LogP contribution in [0.25, 0.3) is 0 Å². The molecule has 0 heterocycles. The third-order valence-corrected chi connectivity index (χ3v) is 3.60. The molecule has 0 amide bonds. The molecular formula is C13H16O. The predicted molar refractivity (Wildman–Crippen MR) is 56.1 cm³/mol. The first-order valence-electron chi connectivity index (χ1n) is 5.52. The number of hydrogen-bond acceptors (Lipinski definition) is 1. The first-order valence-corrected chi connectivity index (χ1v) is 5.52. The fraction of sp³-hybridized carbons (Fsp3) is 0.538. The maximum atomic E-state index is 10.00. The number of aliphatic hydroxyl groups is 1. The minimum absolute atomic E-state index is 0.457. The van der Waals surface area contributed by atoms with Crippen molar-refractivity contribution in [3.63, 3.8) is 0 Å². The number of hydrogen-bond donors (Lipinski definition) is 1. The zero-order valence-corrected chi connectivity index (χ0v) is 8.59. The van der Waals surface area contributed by atoms with Gasteiger partial charge in [-0.25, -0.2) is 0 Å². The molecule has 1 nitrogen and oxygen atoms in total. The molecule has 1 fully saturated rings. The first kappa shape index (κ1) is 8.49. The molecule has 1 N–H and O–H groups in total. The molecule has 0 bridgehead atoms. The summed E-state index contributed by atoms with van der Waals surface area (Å²) >= 11 is 0. The molecule has 0 spiro atoms. The van der Waals surface area contributed by atoms with E-state index >= 15 is 0 Å². The Balaban J connectivity index is 2.00. The summed E-state index contributed by atoms with van der Waals surface area (Å²) in [6.07, 6.45) is 4.30. The largest absolute Gasteiger partial charge is 0.385 e. The lowest BCUT2D eigenvalue weighted by Gasteiger charge is -2.09. The van der Waals surface area contributed by atoms with E-state index in [9.17, 15) is 5.11 Å². The van der Waals surface area contributed by atoms with Gasteiger partial charge in [0.05, 0.1) is 5.60 Å². The van der Waals surface area contributed by atoms with Crippen molar-refractivity contribution in [2.24, 2.45) is 5.92 Å². The van der Waals surface area contributed by atoms with Crippen molar-refractivity contribution < 1.29 is 5.11 Å². The van der Waals surface area contributed by atoms with Gasteiger partial charge in [0.25, 0.3) is 0 Å². The minimum Gasteiger partial charge on any atom is -0.385 e. The summed E-state index contributed by atoms with van der Waals surface area (Å²) in [5.74, 6) is 0.786. The molecule has 74 valence electrons. The van der Waals surface area contributed by atoms with Gasteiger partial charge in [-0.15, -0.1) is 0 Å². The second-order valence-corrected chi connectivity index (χ2v) is 5.03. The van der Waals surface area contributed by atoms with Gasteiger partial charge in [0.1, 0.15) is 0 Å². The van der Waals surface area contributed by atoms with Gasteiger partial charge in [-0.3, -0.25) is 0 Å². The van der Waals surface area contributed by atoms with Gasteiger partial charge in [-0.2, -0.15) is 0 Å². The van der Waals surface area contributed by atoms with E-state index in [1.54, 1.807) is 0 Å². The van der Waals surface area contributed by atoms with Crippen LogP contribution in [0.1, 0.15) is 36.5 Å². The Morgan fingerprint density at radius 2 is 1.93 bits per heavy atom. The summed E-state index contributed by atoms with van der Waals surface area (Å²) in [4.78, 5) is 0. The topological polar surface area (TPSA) is 20.2 Å². The molecule has 0 radical (unpaired) electrons. The molecular weight excluding hydrogens is 172 g/mol. The average molecular weight is 188 g/mol. The summed E-state index contributed by atoms with van der Waals surface area (Å²) in [7, 11) is 0. The Labute approximate surface area is 84.8 Å². The average Bonchev–Trinajstić information content (AvgIpc) is 2.79. The van der Waals surface area contributed by atoms with Gasteiger partial charge in [-0.1, -0.05) is 25.1 Å². The Hall–Kier alpha value is -0.820. The highest BCUT2D eigenvalue weighted by atomic mass is 16.3. The first-order chi connectivity index (χ1) is 6.67. The van der Waals surface area contributed by atoms with E-state index in [4.69, 9.17) is 0 Å². The molecule has 14 heavy (non-hydrogen) atoms. The lowest BCUT2D eigenvalue weighted by molar-refractivity contribution is 0.151. The van der Waals surface area contributed by atoms with Crippen molar-refractivity contribution >= 4 is 0 Å². The highest BCUT2D eigenvalue weighted by molar-refractivity contribution is 5.39. The van der Waals surface area contributed by atoms with Gasteiger partial charge >= 0.3 is 0 Å². The van der Waals surface area contributed by atoms with Crippen LogP contribution in [0.4, 0.5) is 0 Å². The third kappa shape index (κ3) is 1.19. The standard InChI is InChI=1S/C13H16O/c1-9-6-10-2-3-12(8-11(10)7-9)13(14)4-5-13/h2-3,8-9,14H,4-7H2,1H3. The highest BCUT2D eigenvalue weighted by Gasteiger charge is 2.42. The zero-order chi connectivity index (χ0) is 9.76. The van der Waals surface area contributed by atoms with Crippen LogP contribution in [0.3, 0.4) is 0 Å². The van der Waals surface area contributed by atoms with Gasteiger partial charge in [0.2, 0.25) is 0 Å². The number of benzene rings is 1. The second-order valence-electron chi connectivity index (χ2n) is 5.03. The number of rotatable bonds is 1. The SMILES string of the molecule is CC1Cc2ccc(C3(O)CC3)cc2C1. The molecule has 0 aliphatic heterocycles. The van der Waals surface area contributed by atoms with Crippen LogP contribution in [0, 0.1) is 5.92 Å². The van der Waals surface area contributed by atoms with E-state index in [0.29, 0.717) is 0 Å². The van der Waals surface area contributed by atoms with Crippen LogP contribution in [0.2, 0.25) is 0 Å². The van der Waals surface area contributed by atoms with Crippen molar-refractivity contribution in [1.82, 2.24) is 0 Å². The molecule has 1 atom stereocenters. The molecule has 2 aliphatic carbocycles. The van der Waals surface area contributed by atoms with Gasteiger partial charge in [-0.05, 0) is 48.3 Å². The summed E-state index contributed by atoms with van der Waals surface area (Å²) in [6.45, 7) is 2.30. The lowest BCUT2D eigenvalue weighted by Crippen LogP contribution is -2.04. The van der Waals surface area contributed by atoms with Gasteiger partial charge in [0, 0.05) is 0 Å². The van der Waals surface area contributed by atoms with Crippen molar-refractivity contribution in [2.75, 3.05) is 0 Å². The van der Waals surface area contributed by atoms with Crippen molar-refractivity contribution in [1.29, 1.82) is 0 Å². The monoisotopic (exact) mass is 188 g/mol. The molecule has 2 aliphatic rings. The normalized spacial score (nSPS) is 27.4. The van der Waals surface area contributed by atoms with E-state index in [2.05, 4.69) is 25.1 Å².